The zero-order chi connectivity index (χ0) is 30.0. The fourth-order valence-electron chi connectivity index (χ4n) is 4.80. The monoisotopic (exact) mass is 598 g/mol. The molecular weight excluding hydrogens is 537 g/mol. The van der Waals surface area contributed by atoms with Gasteiger partial charge in [-0.05, 0) is 37.3 Å². The Morgan fingerprint density at radius 1 is 0.805 bits per heavy atom. The second kappa shape index (κ2) is 26.4. The van der Waals surface area contributed by atoms with Crippen molar-refractivity contribution in [2.45, 2.75) is 129 Å². The lowest BCUT2D eigenvalue weighted by Crippen LogP contribution is -3.05. The molecule has 0 radical (unpaired) electrons. The normalized spacial score (nSPS) is 12.9. The zero-order valence-electron chi connectivity index (χ0n) is 26.7. The van der Waals surface area contributed by atoms with Gasteiger partial charge in [-0.1, -0.05) is 109 Å². The number of para-hydroxylation sites is 1. The quantitative estimate of drug-likeness (QED) is 0.0604. The summed E-state index contributed by atoms with van der Waals surface area (Å²) in [6.45, 7) is 5.31. The summed E-state index contributed by atoms with van der Waals surface area (Å²) in [5, 5.41) is 0. The van der Waals surface area contributed by atoms with E-state index in [1.54, 1.807) is 0 Å². The zero-order valence-corrected chi connectivity index (χ0v) is 27.6. The van der Waals surface area contributed by atoms with Gasteiger partial charge in [0.15, 0.2) is 6.10 Å². The van der Waals surface area contributed by atoms with E-state index in [2.05, 4.69) is 27.1 Å². The van der Waals surface area contributed by atoms with Gasteiger partial charge in [0.2, 0.25) is 0 Å². The van der Waals surface area contributed by atoms with Crippen LogP contribution in [0.15, 0.2) is 24.3 Å². The minimum atomic E-state index is -2.02. The molecule has 7 nitrogen and oxygen atoms in total. The fraction of sp³-hybridized carbons (Fsp3) is 0.788. The molecule has 41 heavy (non-hydrogen) atoms. The number of esters is 1. The molecule has 0 spiro atoms. The molecule has 0 aliphatic carbocycles. The van der Waals surface area contributed by atoms with E-state index in [-0.39, 0.29) is 13.2 Å². The lowest BCUT2D eigenvalue weighted by molar-refractivity contribution is -0.858. The first-order chi connectivity index (χ1) is 19.9. The Morgan fingerprint density at radius 2 is 1.39 bits per heavy atom. The highest BCUT2D eigenvalue weighted by Gasteiger charge is 2.18. The number of carbonyl (C=O) groups is 1. The molecule has 0 aliphatic heterocycles. The predicted octanol–water partition coefficient (Wildman–Crippen LogP) is 7.20. The number of unbranched alkanes of at least 4 members (excludes halogenated alkanes) is 14. The Hall–Kier alpha value is -1.24. The second-order valence-electron chi connectivity index (χ2n) is 11.5. The molecule has 1 rings (SSSR count). The van der Waals surface area contributed by atoms with Crippen LogP contribution in [0.3, 0.4) is 0 Å². The maximum Gasteiger partial charge on any atom is 0.329 e. The van der Waals surface area contributed by atoms with Gasteiger partial charge in [0, 0.05) is 6.92 Å². The average molecular weight is 599 g/mol. The summed E-state index contributed by atoms with van der Waals surface area (Å²) in [5.74, 6) is 0.400. The molecule has 0 aromatic heterocycles. The molecule has 8 heteroatoms. The molecule has 0 fully saturated rings. The van der Waals surface area contributed by atoms with Crippen molar-refractivity contribution in [3.05, 3.63) is 29.8 Å². The van der Waals surface area contributed by atoms with E-state index in [9.17, 15) is 9.69 Å². The molecular formula is C33H61NO6P+. The molecule has 0 bridgehead atoms. The molecule has 0 amide bonds. The summed E-state index contributed by atoms with van der Waals surface area (Å²) < 4.78 is 22.3. The van der Waals surface area contributed by atoms with Gasteiger partial charge >= 0.3 is 14.6 Å². The van der Waals surface area contributed by atoms with Crippen LogP contribution in [0.2, 0.25) is 0 Å². The summed E-state index contributed by atoms with van der Waals surface area (Å²) in [6.07, 6.45) is 21.1. The molecule has 238 valence electrons. The topological polar surface area (TPSA) is 78.7 Å². The summed E-state index contributed by atoms with van der Waals surface area (Å²) in [6, 6.07) is 8.06. The van der Waals surface area contributed by atoms with E-state index in [1.807, 2.05) is 18.2 Å². The van der Waals surface area contributed by atoms with Crippen molar-refractivity contribution < 1.29 is 33.1 Å². The maximum atomic E-state index is 11.6. The van der Waals surface area contributed by atoms with E-state index < -0.39 is 20.7 Å². The smallest absolute Gasteiger partial charge is 0.329 e. The third-order valence-corrected chi connectivity index (χ3v) is 7.95. The first-order valence-corrected chi connectivity index (χ1v) is 17.5. The van der Waals surface area contributed by atoms with E-state index in [1.165, 1.54) is 101 Å². The first kappa shape index (κ1) is 37.8. The van der Waals surface area contributed by atoms with Gasteiger partial charge in [0.25, 0.3) is 0 Å². The number of quaternary nitrogens is 1. The van der Waals surface area contributed by atoms with Crippen LogP contribution in [-0.4, -0.2) is 57.4 Å². The number of benzene rings is 1. The number of hydrogen-bond acceptors (Lipinski definition) is 6. The summed E-state index contributed by atoms with van der Waals surface area (Å²) in [5.41, 5.74) is 1.17. The standard InChI is InChI=1S/C33H60NO6P/c1-5-6-7-8-9-10-11-12-13-14-15-16-17-18-23-31-24-19-20-25-33(31)37-28-32(40-30(2)35)29-39-41(36)38-27-22-21-26-34(3)4/h19-20,24-25,32,36H,5-18,21-23,26-29H2,1-4H3/p+1. The van der Waals surface area contributed by atoms with Crippen LogP contribution >= 0.6 is 8.60 Å². The van der Waals surface area contributed by atoms with Crippen molar-refractivity contribution in [2.24, 2.45) is 0 Å². The lowest BCUT2D eigenvalue weighted by Gasteiger charge is -2.20. The van der Waals surface area contributed by atoms with Crippen LogP contribution in [0.5, 0.6) is 5.75 Å². The average Bonchev–Trinajstić information content (AvgIpc) is 2.94. The molecule has 0 saturated carbocycles. The summed E-state index contributed by atoms with van der Waals surface area (Å²) in [7, 11) is 2.20. The minimum absolute atomic E-state index is 0.0186. The second-order valence-corrected chi connectivity index (χ2v) is 12.5. The molecule has 0 saturated heterocycles. The highest BCUT2D eigenvalue weighted by molar-refractivity contribution is 7.40. The SMILES string of the molecule is CCCCCCCCCCCCCCCCc1ccccc1OCC(COP(O)OCCCC[NH+](C)C)OC(C)=O. The lowest BCUT2D eigenvalue weighted by atomic mass is 10.0. The van der Waals surface area contributed by atoms with Crippen LogP contribution < -0.4 is 9.64 Å². The third kappa shape index (κ3) is 23.0. The van der Waals surface area contributed by atoms with Gasteiger partial charge in [-0.2, -0.15) is 0 Å². The molecule has 0 aliphatic rings. The van der Waals surface area contributed by atoms with Gasteiger partial charge in [0.05, 0.1) is 33.9 Å². The van der Waals surface area contributed by atoms with E-state index in [4.69, 9.17) is 18.5 Å². The molecule has 2 N–H and O–H groups in total. The highest BCUT2D eigenvalue weighted by Crippen LogP contribution is 2.33. The van der Waals surface area contributed by atoms with Gasteiger partial charge < -0.3 is 28.3 Å². The molecule has 2 atom stereocenters. The van der Waals surface area contributed by atoms with E-state index in [0.29, 0.717) is 6.61 Å². The number of carbonyl (C=O) groups excluding carboxylic acids is 1. The van der Waals surface area contributed by atoms with Crippen molar-refractivity contribution in [3.63, 3.8) is 0 Å². The van der Waals surface area contributed by atoms with Crippen molar-refractivity contribution >= 4 is 14.6 Å². The fourth-order valence-corrected chi connectivity index (χ4v) is 5.46. The van der Waals surface area contributed by atoms with Crippen LogP contribution in [0.1, 0.15) is 122 Å². The van der Waals surface area contributed by atoms with Crippen LogP contribution in [-0.2, 0) is 25.0 Å². The number of ether oxygens (including phenoxy) is 2. The Morgan fingerprint density at radius 3 is 1.98 bits per heavy atom. The molecule has 0 heterocycles. The number of nitrogens with one attached hydrogen (secondary N) is 1. The van der Waals surface area contributed by atoms with Crippen LogP contribution in [0.4, 0.5) is 0 Å². The van der Waals surface area contributed by atoms with Crippen molar-refractivity contribution in [1.29, 1.82) is 0 Å². The summed E-state index contributed by atoms with van der Waals surface area (Å²) in [4.78, 5) is 23.1. The third-order valence-electron chi connectivity index (χ3n) is 7.17. The van der Waals surface area contributed by atoms with Crippen LogP contribution in [0, 0.1) is 0 Å². The Balaban J connectivity index is 2.25. The predicted molar refractivity (Wildman–Crippen MR) is 169 cm³/mol. The molecule has 1 aromatic carbocycles. The minimum Gasteiger partial charge on any atom is -0.489 e. The Bertz CT molecular complexity index is 750. The first-order valence-electron chi connectivity index (χ1n) is 16.3. The van der Waals surface area contributed by atoms with Gasteiger partial charge in [0.1, 0.15) is 12.4 Å². The van der Waals surface area contributed by atoms with Crippen molar-refractivity contribution in [2.75, 3.05) is 40.5 Å². The van der Waals surface area contributed by atoms with Gasteiger partial charge in [-0.3, -0.25) is 4.79 Å². The number of rotatable bonds is 28. The van der Waals surface area contributed by atoms with Gasteiger partial charge in [-0.15, -0.1) is 0 Å². The summed E-state index contributed by atoms with van der Waals surface area (Å²) >= 11 is 0. The van der Waals surface area contributed by atoms with E-state index >= 15 is 0 Å². The van der Waals surface area contributed by atoms with E-state index in [0.717, 1.165) is 38.0 Å². The molecule has 2 unspecified atom stereocenters. The van der Waals surface area contributed by atoms with Crippen molar-refractivity contribution in [3.8, 4) is 5.75 Å². The van der Waals surface area contributed by atoms with Gasteiger partial charge in [-0.25, -0.2) is 0 Å². The highest BCUT2D eigenvalue weighted by atomic mass is 31.2. The molecule has 1 aromatic rings. The van der Waals surface area contributed by atoms with Crippen molar-refractivity contribution in [1.82, 2.24) is 0 Å². The van der Waals surface area contributed by atoms with Crippen LogP contribution in [0.25, 0.3) is 0 Å². The number of hydrogen-bond donors (Lipinski definition) is 2. The Kier molecular flexibility index (Phi) is 24.3. The largest absolute Gasteiger partial charge is 0.489 e. The Labute approximate surface area is 252 Å². The number of aryl methyl sites for hydroxylation is 1. The maximum absolute atomic E-state index is 11.6.